The van der Waals surface area contributed by atoms with Gasteiger partial charge in [-0.2, -0.15) is 0 Å². The zero-order chi connectivity index (χ0) is 18.1. The quantitative estimate of drug-likeness (QED) is 0.787. The Morgan fingerprint density at radius 3 is 2.50 bits per heavy atom. The van der Waals surface area contributed by atoms with E-state index in [0.717, 1.165) is 41.0 Å². The largest absolute Gasteiger partial charge is 0.341 e. The summed E-state index contributed by atoms with van der Waals surface area (Å²) in [6.07, 6.45) is 4.80. The van der Waals surface area contributed by atoms with Crippen LogP contribution in [0.3, 0.4) is 0 Å². The molecule has 0 bridgehead atoms. The number of nitrogens with zero attached hydrogens (tertiary/aromatic N) is 4. The molecule has 26 heavy (non-hydrogen) atoms. The van der Waals surface area contributed by atoms with E-state index in [9.17, 15) is 4.79 Å². The van der Waals surface area contributed by atoms with Crippen LogP contribution < -0.4 is 10.2 Å². The molecule has 2 fully saturated rings. The Morgan fingerprint density at radius 2 is 1.85 bits per heavy atom. The Bertz CT molecular complexity index is 788. The molecule has 138 valence electrons. The molecule has 2 aliphatic rings. The molecule has 1 aromatic carbocycles. The van der Waals surface area contributed by atoms with Crippen LogP contribution in [0.2, 0.25) is 0 Å². The summed E-state index contributed by atoms with van der Waals surface area (Å²) in [4.78, 5) is 14.7. The molecule has 0 spiro atoms. The molecule has 1 saturated carbocycles. The van der Waals surface area contributed by atoms with Gasteiger partial charge in [0, 0.05) is 24.8 Å². The molecule has 0 radical (unpaired) electrons. The number of aryl methyl sites for hydroxylation is 2. The zero-order valence-electron chi connectivity index (χ0n) is 15.4. The van der Waals surface area contributed by atoms with Crippen molar-refractivity contribution in [3.8, 4) is 0 Å². The van der Waals surface area contributed by atoms with Crippen LogP contribution in [0.4, 0.5) is 11.6 Å². The van der Waals surface area contributed by atoms with Crippen molar-refractivity contribution in [2.24, 2.45) is 0 Å². The second kappa shape index (κ2) is 7.31. The van der Waals surface area contributed by atoms with Crippen molar-refractivity contribution in [1.82, 2.24) is 14.8 Å². The van der Waals surface area contributed by atoms with Crippen LogP contribution in [0, 0.1) is 13.8 Å². The monoisotopic (exact) mass is 371 g/mol. The second-order valence-corrected chi connectivity index (χ2v) is 8.23. The Labute approximate surface area is 158 Å². The predicted octanol–water partition coefficient (Wildman–Crippen LogP) is 3.56. The molecule has 1 amide bonds. The third-order valence-corrected chi connectivity index (χ3v) is 5.73. The molecule has 1 aliphatic carbocycles. The van der Waals surface area contributed by atoms with E-state index < -0.39 is 0 Å². The van der Waals surface area contributed by atoms with Gasteiger partial charge in [-0.3, -0.25) is 9.36 Å². The number of benzene rings is 1. The minimum Gasteiger partial charge on any atom is -0.341 e. The number of nitrogens with one attached hydrogen (secondary N) is 1. The summed E-state index contributed by atoms with van der Waals surface area (Å²) >= 11 is 1.48. The number of thioether (sulfide) groups is 1. The lowest BCUT2D eigenvalue weighted by Crippen LogP contribution is -2.22. The highest BCUT2D eigenvalue weighted by Crippen LogP contribution is 2.41. The molecule has 1 saturated heterocycles. The highest BCUT2D eigenvalue weighted by Gasteiger charge is 2.32. The van der Waals surface area contributed by atoms with Crippen LogP contribution in [-0.2, 0) is 4.79 Å². The Morgan fingerprint density at radius 1 is 1.15 bits per heavy atom. The van der Waals surface area contributed by atoms with Gasteiger partial charge in [0.2, 0.25) is 11.9 Å². The lowest BCUT2D eigenvalue weighted by atomic mass is 10.1. The van der Waals surface area contributed by atoms with Gasteiger partial charge in [0.05, 0.1) is 5.75 Å². The van der Waals surface area contributed by atoms with Crippen molar-refractivity contribution < 1.29 is 4.79 Å². The minimum atomic E-state index is -0.00642. The standard InChI is InChI=1S/C19H25N5OS/c1-13-9-14(2)11-15(10-13)20-17(25)12-26-19-22-21-18(23-7-3-4-8-23)24(19)16-5-6-16/h9-11,16H,3-8,12H2,1-2H3,(H,20,25). The van der Waals surface area contributed by atoms with Gasteiger partial charge in [-0.05, 0) is 62.8 Å². The van der Waals surface area contributed by atoms with Gasteiger partial charge in [-0.1, -0.05) is 17.8 Å². The third-order valence-electron chi connectivity index (χ3n) is 4.79. The van der Waals surface area contributed by atoms with E-state index in [4.69, 9.17) is 0 Å². The fourth-order valence-electron chi connectivity index (χ4n) is 3.53. The van der Waals surface area contributed by atoms with Crippen LogP contribution in [0.1, 0.15) is 42.9 Å². The molecule has 1 N–H and O–H groups in total. The highest BCUT2D eigenvalue weighted by molar-refractivity contribution is 7.99. The van der Waals surface area contributed by atoms with E-state index in [1.54, 1.807) is 0 Å². The van der Waals surface area contributed by atoms with Gasteiger partial charge in [0.1, 0.15) is 0 Å². The van der Waals surface area contributed by atoms with E-state index >= 15 is 0 Å². The van der Waals surface area contributed by atoms with Gasteiger partial charge in [-0.25, -0.2) is 0 Å². The fourth-order valence-corrected chi connectivity index (χ4v) is 4.33. The number of carbonyl (C=O) groups is 1. The van der Waals surface area contributed by atoms with E-state index in [1.165, 1.54) is 37.4 Å². The summed E-state index contributed by atoms with van der Waals surface area (Å²) in [6, 6.07) is 6.59. The number of carbonyl (C=O) groups excluding carboxylic acids is 1. The maximum absolute atomic E-state index is 12.4. The molecule has 1 aliphatic heterocycles. The van der Waals surface area contributed by atoms with Crippen LogP contribution in [-0.4, -0.2) is 39.5 Å². The van der Waals surface area contributed by atoms with Crippen molar-refractivity contribution in [3.05, 3.63) is 29.3 Å². The Balaban J connectivity index is 1.42. The molecule has 7 heteroatoms. The molecule has 2 aromatic rings. The average molecular weight is 372 g/mol. The maximum Gasteiger partial charge on any atom is 0.234 e. The summed E-state index contributed by atoms with van der Waals surface area (Å²) < 4.78 is 2.25. The van der Waals surface area contributed by atoms with Crippen LogP contribution in [0.5, 0.6) is 0 Å². The smallest absolute Gasteiger partial charge is 0.234 e. The van der Waals surface area contributed by atoms with Crippen molar-refractivity contribution in [1.29, 1.82) is 0 Å². The first-order chi connectivity index (χ1) is 12.6. The molecule has 2 heterocycles. The summed E-state index contributed by atoms with van der Waals surface area (Å²) in [5.74, 6) is 1.33. The van der Waals surface area contributed by atoms with Crippen LogP contribution in [0.15, 0.2) is 23.4 Å². The van der Waals surface area contributed by atoms with E-state index in [0.29, 0.717) is 11.8 Å². The van der Waals surface area contributed by atoms with Crippen molar-refractivity contribution in [3.63, 3.8) is 0 Å². The van der Waals surface area contributed by atoms with Gasteiger partial charge in [0.15, 0.2) is 5.16 Å². The van der Waals surface area contributed by atoms with Crippen molar-refractivity contribution in [2.75, 3.05) is 29.1 Å². The van der Waals surface area contributed by atoms with Gasteiger partial charge < -0.3 is 10.2 Å². The number of hydrogen-bond acceptors (Lipinski definition) is 5. The number of rotatable bonds is 6. The SMILES string of the molecule is Cc1cc(C)cc(NC(=O)CSc2nnc(N3CCCC3)n2C2CC2)c1. The van der Waals surface area contributed by atoms with Crippen LogP contribution in [0.25, 0.3) is 0 Å². The Hall–Kier alpha value is -2.02. The second-order valence-electron chi connectivity index (χ2n) is 7.29. The lowest BCUT2D eigenvalue weighted by Gasteiger charge is -2.17. The van der Waals surface area contributed by atoms with Gasteiger partial charge >= 0.3 is 0 Å². The fraction of sp³-hybridized carbons (Fsp3) is 0.526. The average Bonchev–Trinajstić information content (AvgIpc) is 3.11. The first-order valence-corrected chi connectivity index (χ1v) is 10.3. The molecule has 1 aromatic heterocycles. The van der Waals surface area contributed by atoms with Gasteiger partial charge in [-0.15, -0.1) is 10.2 Å². The van der Waals surface area contributed by atoms with Crippen LogP contribution >= 0.6 is 11.8 Å². The zero-order valence-corrected chi connectivity index (χ0v) is 16.2. The Kier molecular flexibility index (Phi) is 4.89. The topological polar surface area (TPSA) is 63.1 Å². The van der Waals surface area contributed by atoms with Crippen molar-refractivity contribution in [2.45, 2.75) is 50.7 Å². The molecule has 6 nitrogen and oxygen atoms in total. The highest BCUT2D eigenvalue weighted by atomic mass is 32.2. The molecular formula is C19H25N5OS. The molecule has 4 rings (SSSR count). The third kappa shape index (κ3) is 3.87. The van der Waals surface area contributed by atoms with E-state index in [-0.39, 0.29) is 5.91 Å². The maximum atomic E-state index is 12.4. The predicted molar refractivity (Wildman–Crippen MR) is 105 cm³/mol. The number of aromatic nitrogens is 3. The molecular weight excluding hydrogens is 346 g/mol. The molecule has 0 unspecified atom stereocenters. The normalized spacial score (nSPS) is 16.9. The summed E-state index contributed by atoms with van der Waals surface area (Å²) in [5.41, 5.74) is 3.16. The van der Waals surface area contributed by atoms with Crippen molar-refractivity contribution >= 4 is 29.3 Å². The lowest BCUT2D eigenvalue weighted by molar-refractivity contribution is -0.113. The summed E-state index contributed by atoms with van der Waals surface area (Å²) in [5, 5.41) is 12.7. The summed E-state index contributed by atoms with van der Waals surface area (Å²) in [7, 11) is 0. The minimum absolute atomic E-state index is 0.00642. The molecule has 0 atom stereocenters. The number of anilines is 2. The summed E-state index contributed by atoms with van der Waals surface area (Å²) in [6.45, 7) is 6.19. The first-order valence-electron chi connectivity index (χ1n) is 9.31. The van der Waals surface area contributed by atoms with Gasteiger partial charge in [0.25, 0.3) is 0 Å². The van der Waals surface area contributed by atoms with E-state index in [1.807, 2.05) is 26.0 Å². The number of amides is 1. The number of hydrogen-bond donors (Lipinski definition) is 1. The first kappa shape index (κ1) is 17.4. The van der Waals surface area contributed by atoms with E-state index in [2.05, 4.69) is 31.0 Å².